The van der Waals surface area contributed by atoms with E-state index in [1.165, 1.54) is 31.4 Å². The van der Waals surface area contributed by atoms with Gasteiger partial charge in [-0.15, -0.1) is 0 Å². The van der Waals surface area contributed by atoms with E-state index in [1.807, 2.05) is 13.1 Å². The van der Waals surface area contributed by atoms with E-state index in [9.17, 15) is 0 Å². The van der Waals surface area contributed by atoms with Crippen LogP contribution in [0.5, 0.6) is 11.5 Å². The van der Waals surface area contributed by atoms with Crippen molar-refractivity contribution in [2.75, 3.05) is 33.4 Å². The van der Waals surface area contributed by atoms with Crippen molar-refractivity contribution in [3.05, 3.63) is 23.8 Å². The monoisotopic (exact) mass is 290 g/mol. The Labute approximate surface area is 127 Å². The van der Waals surface area contributed by atoms with E-state index in [0.29, 0.717) is 19.3 Å². The van der Waals surface area contributed by atoms with Crippen LogP contribution in [0.2, 0.25) is 0 Å². The highest BCUT2D eigenvalue weighted by Crippen LogP contribution is 2.34. The Morgan fingerprint density at radius 1 is 1.24 bits per heavy atom. The zero-order valence-corrected chi connectivity index (χ0v) is 13.1. The number of hydrogen-bond donors (Lipinski definition) is 1. The van der Waals surface area contributed by atoms with Gasteiger partial charge < -0.3 is 14.8 Å². The van der Waals surface area contributed by atoms with Crippen LogP contribution in [0.3, 0.4) is 0 Å². The fraction of sp³-hybridized carbons (Fsp3) is 0.647. The van der Waals surface area contributed by atoms with Crippen molar-refractivity contribution >= 4 is 0 Å². The smallest absolute Gasteiger partial charge is 0.161 e. The number of benzene rings is 1. The number of likely N-dealkylation sites (N-methyl/N-ethyl adjacent to an activating group) is 1. The van der Waals surface area contributed by atoms with Crippen LogP contribution in [-0.2, 0) is 0 Å². The van der Waals surface area contributed by atoms with Gasteiger partial charge in [-0.25, -0.2) is 0 Å². The SMILES string of the molecule is CCCN(CC(NC)c1ccc2c(c1)OCCO2)C1CC1. The molecule has 1 fully saturated rings. The molecule has 1 saturated carbocycles. The lowest BCUT2D eigenvalue weighted by molar-refractivity contribution is 0.171. The minimum absolute atomic E-state index is 0.341. The van der Waals surface area contributed by atoms with Gasteiger partial charge in [-0.05, 0) is 50.6 Å². The number of rotatable bonds is 7. The molecule has 1 unspecified atom stereocenters. The van der Waals surface area contributed by atoms with Crippen molar-refractivity contribution in [1.29, 1.82) is 0 Å². The van der Waals surface area contributed by atoms with E-state index >= 15 is 0 Å². The van der Waals surface area contributed by atoms with Crippen LogP contribution in [-0.4, -0.2) is 44.3 Å². The topological polar surface area (TPSA) is 33.7 Å². The molecule has 116 valence electrons. The lowest BCUT2D eigenvalue weighted by atomic mass is 10.1. The molecule has 0 aromatic heterocycles. The number of nitrogens with one attached hydrogen (secondary N) is 1. The van der Waals surface area contributed by atoms with Gasteiger partial charge in [0.15, 0.2) is 11.5 Å². The Kier molecular flexibility index (Phi) is 4.66. The van der Waals surface area contributed by atoms with E-state index < -0.39 is 0 Å². The first-order valence-corrected chi connectivity index (χ1v) is 8.12. The maximum absolute atomic E-state index is 5.70. The number of ether oxygens (including phenoxy) is 2. The molecule has 2 aliphatic rings. The zero-order valence-electron chi connectivity index (χ0n) is 13.1. The quantitative estimate of drug-likeness (QED) is 0.837. The maximum atomic E-state index is 5.70. The minimum Gasteiger partial charge on any atom is -0.486 e. The van der Waals surface area contributed by atoms with Crippen molar-refractivity contribution in [3.63, 3.8) is 0 Å². The largest absolute Gasteiger partial charge is 0.486 e. The van der Waals surface area contributed by atoms with Gasteiger partial charge in [-0.2, -0.15) is 0 Å². The van der Waals surface area contributed by atoms with Crippen LogP contribution in [0.25, 0.3) is 0 Å². The highest BCUT2D eigenvalue weighted by atomic mass is 16.6. The van der Waals surface area contributed by atoms with E-state index in [2.05, 4.69) is 29.3 Å². The van der Waals surface area contributed by atoms with Gasteiger partial charge in [0, 0.05) is 18.6 Å². The van der Waals surface area contributed by atoms with Gasteiger partial charge >= 0.3 is 0 Å². The van der Waals surface area contributed by atoms with Crippen LogP contribution in [0.4, 0.5) is 0 Å². The number of nitrogens with zero attached hydrogens (tertiary/aromatic N) is 1. The van der Waals surface area contributed by atoms with Crippen molar-refractivity contribution in [3.8, 4) is 11.5 Å². The molecule has 4 nitrogen and oxygen atoms in total. The summed E-state index contributed by atoms with van der Waals surface area (Å²) < 4.78 is 11.3. The average molecular weight is 290 g/mol. The predicted octanol–water partition coefficient (Wildman–Crippen LogP) is 2.59. The van der Waals surface area contributed by atoms with E-state index in [-0.39, 0.29) is 0 Å². The summed E-state index contributed by atoms with van der Waals surface area (Å²) in [6.45, 7) is 5.80. The molecule has 1 aliphatic carbocycles. The Morgan fingerprint density at radius 3 is 2.67 bits per heavy atom. The molecule has 1 aliphatic heterocycles. The van der Waals surface area contributed by atoms with Gasteiger partial charge in [0.1, 0.15) is 13.2 Å². The van der Waals surface area contributed by atoms with Gasteiger partial charge in [-0.3, -0.25) is 4.90 Å². The first-order chi connectivity index (χ1) is 10.3. The molecule has 21 heavy (non-hydrogen) atoms. The molecule has 1 N–H and O–H groups in total. The molecule has 0 bridgehead atoms. The summed E-state index contributed by atoms with van der Waals surface area (Å²) >= 11 is 0. The van der Waals surface area contributed by atoms with Crippen LogP contribution < -0.4 is 14.8 Å². The normalized spacial score (nSPS) is 18.8. The fourth-order valence-corrected chi connectivity index (χ4v) is 3.02. The molecule has 0 saturated heterocycles. The van der Waals surface area contributed by atoms with Crippen molar-refractivity contribution in [2.45, 2.75) is 38.3 Å². The van der Waals surface area contributed by atoms with Gasteiger partial charge in [0.2, 0.25) is 0 Å². The highest BCUT2D eigenvalue weighted by Gasteiger charge is 2.30. The predicted molar refractivity (Wildman–Crippen MR) is 84.1 cm³/mol. The number of fused-ring (bicyclic) bond motifs is 1. The average Bonchev–Trinajstić information content (AvgIpc) is 3.36. The molecule has 1 aromatic rings. The van der Waals surface area contributed by atoms with Crippen LogP contribution in [0.1, 0.15) is 37.8 Å². The van der Waals surface area contributed by atoms with Gasteiger partial charge in [0.25, 0.3) is 0 Å². The highest BCUT2D eigenvalue weighted by molar-refractivity contribution is 5.44. The molecule has 1 aromatic carbocycles. The molecular formula is C17H26N2O2. The van der Waals surface area contributed by atoms with E-state index in [0.717, 1.165) is 24.1 Å². The summed E-state index contributed by atoms with van der Waals surface area (Å²) in [5.41, 5.74) is 1.28. The summed E-state index contributed by atoms with van der Waals surface area (Å²) in [6, 6.07) is 7.47. The Bertz CT molecular complexity index is 474. The van der Waals surface area contributed by atoms with E-state index in [4.69, 9.17) is 9.47 Å². The molecule has 0 amide bonds. The van der Waals surface area contributed by atoms with Crippen LogP contribution in [0.15, 0.2) is 18.2 Å². The minimum atomic E-state index is 0.341. The summed E-state index contributed by atoms with van der Waals surface area (Å²) in [5, 5.41) is 3.46. The molecule has 1 atom stereocenters. The summed E-state index contributed by atoms with van der Waals surface area (Å²) in [5.74, 6) is 1.75. The fourth-order valence-electron chi connectivity index (χ4n) is 3.02. The third kappa shape index (κ3) is 3.50. The Hall–Kier alpha value is -1.26. The standard InChI is InChI=1S/C17H26N2O2/c1-3-8-19(14-5-6-14)12-15(18-2)13-4-7-16-17(11-13)21-10-9-20-16/h4,7,11,14-15,18H,3,5-6,8-10,12H2,1-2H3. The van der Waals surface area contributed by atoms with E-state index in [1.54, 1.807) is 0 Å². The second kappa shape index (κ2) is 6.67. The Balaban J connectivity index is 1.72. The lowest BCUT2D eigenvalue weighted by Gasteiger charge is -2.28. The molecular weight excluding hydrogens is 264 g/mol. The lowest BCUT2D eigenvalue weighted by Crippen LogP contribution is -2.36. The third-order valence-corrected chi connectivity index (χ3v) is 4.31. The molecule has 3 rings (SSSR count). The second-order valence-electron chi connectivity index (χ2n) is 5.97. The zero-order chi connectivity index (χ0) is 14.7. The Morgan fingerprint density at radius 2 is 2.00 bits per heavy atom. The van der Waals surface area contributed by atoms with Gasteiger partial charge in [-0.1, -0.05) is 13.0 Å². The summed E-state index contributed by atoms with van der Waals surface area (Å²) in [7, 11) is 2.04. The first-order valence-electron chi connectivity index (χ1n) is 8.12. The van der Waals surface area contributed by atoms with Crippen molar-refractivity contribution < 1.29 is 9.47 Å². The van der Waals surface area contributed by atoms with Gasteiger partial charge in [0.05, 0.1) is 0 Å². The molecule has 1 heterocycles. The van der Waals surface area contributed by atoms with Crippen LogP contribution >= 0.6 is 0 Å². The van der Waals surface area contributed by atoms with Crippen molar-refractivity contribution in [1.82, 2.24) is 10.2 Å². The molecule has 0 radical (unpaired) electrons. The second-order valence-corrected chi connectivity index (χ2v) is 5.97. The summed E-state index contributed by atoms with van der Waals surface area (Å²) in [4.78, 5) is 2.62. The van der Waals surface area contributed by atoms with Crippen molar-refractivity contribution in [2.24, 2.45) is 0 Å². The van der Waals surface area contributed by atoms with Crippen LogP contribution in [0, 0.1) is 0 Å². The number of hydrogen-bond acceptors (Lipinski definition) is 4. The summed E-state index contributed by atoms with van der Waals surface area (Å²) in [6.07, 6.45) is 3.93. The third-order valence-electron chi connectivity index (χ3n) is 4.31. The molecule has 4 heteroatoms. The maximum Gasteiger partial charge on any atom is 0.161 e. The molecule has 0 spiro atoms. The first kappa shape index (κ1) is 14.7.